The van der Waals surface area contributed by atoms with Crippen molar-refractivity contribution in [2.75, 3.05) is 19.5 Å². The number of methoxy groups -OCH3 is 1. The monoisotopic (exact) mass is 257 g/mol. The zero-order valence-electron chi connectivity index (χ0n) is 12.0. The standard InChI is InChI=1S/C15H19N3O/c1-9-8-12(19-5)6-7-13(9)14-15(16-4)18-11(3)10(2)17-14/h6-8H,1-5H3,(H,16,18). The Bertz CT molecular complexity index is 609. The van der Waals surface area contributed by atoms with Crippen LogP contribution in [0.3, 0.4) is 0 Å². The summed E-state index contributed by atoms with van der Waals surface area (Å²) in [5.74, 6) is 1.65. The van der Waals surface area contributed by atoms with Crippen LogP contribution in [0.15, 0.2) is 18.2 Å². The van der Waals surface area contributed by atoms with E-state index in [1.807, 2.05) is 46.0 Å². The molecule has 0 amide bonds. The van der Waals surface area contributed by atoms with Gasteiger partial charge in [-0.2, -0.15) is 0 Å². The minimum atomic E-state index is 0.802. The third-order valence-electron chi connectivity index (χ3n) is 3.23. The van der Waals surface area contributed by atoms with Gasteiger partial charge in [0.05, 0.1) is 18.5 Å². The van der Waals surface area contributed by atoms with Crippen molar-refractivity contribution in [1.29, 1.82) is 0 Å². The van der Waals surface area contributed by atoms with E-state index in [0.717, 1.165) is 39.8 Å². The zero-order chi connectivity index (χ0) is 14.0. The molecule has 0 aliphatic rings. The Morgan fingerprint density at radius 2 is 1.74 bits per heavy atom. The van der Waals surface area contributed by atoms with E-state index in [0.29, 0.717) is 0 Å². The van der Waals surface area contributed by atoms with E-state index in [1.54, 1.807) is 7.11 Å². The van der Waals surface area contributed by atoms with Gasteiger partial charge in [-0.25, -0.2) is 9.97 Å². The summed E-state index contributed by atoms with van der Waals surface area (Å²) >= 11 is 0. The molecular weight excluding hydrogens is 238 g/mol. The second-order valence-corrected chi connectivity index (χ2v) is 4.52. The molecule has 0 fully saturated rings. The molecule has 0 saturated heterocycles. The first kappa shape index (κ1) is 13.3. The summed E-state index contributed by atoms with van der Waals surface area (Å²) in [6, 6.07) is 5.97. The molecule has 4 heteroatoms. The van der Waals surface area contributed by atoms with Gasteiger partial charge in [-0.15, -0.1) is 0 Å². The number of nitrogens with zero attached hydrogens (tertiary/aromatic N) is 2. The number of ether oxygens (including phenoxy) is 1. The first-order chi connectivity index (χ1) is 9.06. The molecule has 0 spiro atoms. The summed E-state index contributed by atoms with van der Waals surface area (Å²) in [5.41, 5.74) is 4.96. The summed E-state index contributed by atoms with van der Waals surface area (Å²) in [5, 5.41) is 3.11. The maximum atomic E-state index is 5.23. The van der Waals surface area contributed by atoms with Crippen molar-refractivity contribution in [3.05, 3.63) is 35.2 Å². The molecule has 1 aromatic carbocycles. The Labute approximate surface area is 113 Å². The predicted molar refractivity (Wildman–Crippen MR) is 77.8 cm³/mol. The van der Waals surface area contributed by atoms with Crippen molar-refractivity contribution in [2.24, 2.45) is 0 Å². The number of nitrogens with one attached hydrogen (secondary N) is 1. The highest BCUT2D eigenvalue weighted by molar-refractivity contribution is 5.74. The molecule has 4 nitrogen and oxygen atoms in total. The summed E-state index contributed by atoms with van der Waals surface area (Å²) in [4.78, 5) is 9.21. The molecule has 0 bridgehead atoms. The average molecular weight is 257 g/mol. The Balaban J connectivity index is 2.61. The lowest BCUT2D eigenvalue weighted by Crippen LogP contribution is -2.03. The highest BCUT2D eigenvalue weighted by Crippen LogP contribution is 2.30. The molecule has 1 aromatic heterocycles. The molecule has 0 unspecified atom stereocenters. The largest absolute Gasteiger partial charge is 0.497 e. The maximum Gasteiger partial charge on any atom is 0.152 e. The minimum Gasteiger partial charge on any atom is -0.497 e. The van der Waals surface area contributed by atoms with E-state index < -0.39 is 0 Å². The van der Waals surface area contributed by atoms with Crippen LogP contribution in [0.2, 0.25) is 0 Å². The van der Waals surface area contributed by atoms with Crippen molar-refractivity contribution >= 4 is 5.82 Å². The van der Waals surface area contributed by atoms with Crippen LogP contribution in [0.5, 0.6) is 5.75 Å². The molecule has 19 heavy (non-hydrogen) atoms. The number of aryl methyl sites for hydroxylation is 3. The highest BCUT2D eigenvalue weighted by atomic mass is 16.5. The van der Waals surface area contributed by atoms with E-state index in [1.165, 1.54) is 0 Å². The molecular formula is C15H19N3O. The molecule has 2 aromatic rings. The van der Waals surface area contributed by atoms with Crippen LogP contribution >= 0.6 is 0 Å². The lowest BCUT2D eigenvalue weighted by Gasteiger charge is -2.13. The number of hydrogen-bond acceptors (Lipinski definition) is 4. The average Bonchev–Trinajstić information content (AvgIpc) is 2.41. The van der Waals surface area contributed by atoms with Crippen molar-refractivity contribution in [1.82, 2.24) is 9.97 Å². The van der Waals surface area contributed by atoms with Gasteiger partial charge in [0.15, 0.2) is 5.82 Å². The predicted octanol–water partition coefficient (Wildman–Crippen LogP) is 3.12. The second-order valence-electron chi connectivity index (χ2n) is 4.52. The van der Waals surface area contributed by atoms with Gasteiger partial charge in [0, 0.05) is 12.6 Å². The van der Waals surface area contributed by atoms with Gasteiger partial charge in [0.2, 0.25) is 0 Å². The van der Waals surface area contributed by atoms with Crippen LogP contribution in [0, 0.1) is 20.8 Å². The van der Waals surface area contributed by atoms with Gasteiger partial charge in [-0.05, 0) is 44.5 Å². The van der Waals surface area contributed by atoms with Crippen LogP contribution in [0.1, 0.15) is 17.0 Å². The fourth-order valence-corrected chi connectivity index (χ4v) is 1.99. The zero-order valence-corrected chi connectivity index (χ0v) is 12.0. The summed E-state index contributed by atoms with van der Waals surface area (Å²) in [7, 11) is 3.53. The number of anilines is 1. The summed E-state index contributed by atoms with van der Waals surface area (Å²) in [6.45, 7) is 5.99. The number of benzene rings is 1. The summed E-state index contributed by atoms with van der Waals surface area (Å²) in [6.07, 6.45) is 0. The van der Waals surface area contributed by atoms with Crippen LogP contribution in [0.4, 0.5) is 5.82 Å². The van der Waals surface area contributed by atoms with Gasteiger partial charge in [-0.3, -0.25) is 0 Å². The van der Waals surface area contributed by atoms with Gasteiger partial charge in [0.1, 0.15) is 11.4 Å². The molecule has 2 rings (SSSR count). The Morgan fingerprint density at radius 3 is 2.32 bits per heavy atom. The number of rotatable bonds is 3. The van der Waals surface area contributed by atoms with E-state index in [9.17, 15) is 0 Å². The molecule has 1 heterocycles. The van der Waals surface area contributed by atoms with Crippen molar-refractivity contribution in [3.63, 3.8) is 0 Å². The Morgan fingerprint density at radius 1 is 1.05 bits per heavy atom. The SMILES string of the molecule is CNc1nc(C)c(C)nc1-c1ccc(OC)cc1C. The molecule has 0 saturated carbocycles. The smallest absolute Gasteiger partial charge is 0.152 e. The molecule has 0 aliphatic carbocycles. The quantitative estimate of drug-likeness (QED) is 0.917. The fraction of sp³-hybridized carbons (Fsp3) is 0.333. The van der Waals surface area contributed by atoms with Gasteiger partial charge < -0.3 is 10.1 Å². The summed E-state index contributed by atoms with van der Waals surface area (Å²) < 4.78 is 5.23. The van der Waals surface area contributed by atoms with Gasteiger partial charge >= 0.3 is 0 Å². The van der Waals surface area contributed by atoms with E-state index in [2.05, 4.69) is 15.3 Å². The first-order valence-corrected chi connectivity index (χ1v) is 6.24. The minimum absolute atomic E-state index is 0.802. The topological polar surface area (TPSA) is 47.0 Å². The number of hydrogen-bond donors (Lipinski definition) is 1. The van der Waals surface area contributed by atoms with Crippen molar-refractivity contribution in [3.8, 4) is 17.0 Å². The molecule has 0 aliphatic heterocycles. The van der Waals surface area contributed by atoms with E-state index in [-0.39, 0.29) is 0 Å². The molecule has 1 N–H and O–H groups in total. The fourth-order valence-electron chi connectivity index (χ4n) is 1.99. The third kappa shape index (κ3) is 2.52. The van der Waals surface area contributed by atoms with Crippen LogP contribution < -0.4 is 10.1 Å². The lowest BCUT2D eigenvalue weighted by atomic mass is 10.0. The Hall–Kier alpha value is -2.10. The van der Waals surface area contributed by atoms with E-state index >= 15 is 0 Å². The van der Waals surface area contributed by atoms with E-state index in [4.69, 9.17) is 4.74 Å². The van der Waals surface area contributed by atoms with Gasteiger partial charge in [-0.1, -0.05) is 0 Å². The first-order valence-electron chi connectivity index (χ1n) is 6.24. The maximum absolute atomic E-state index is 5.23. The second kappa shape index (κ2) is 5.26. The molecule has 100 valence electrons. The highest BCUT2D eigenvalue weighted by Gasteiger charge is 2.12. The lowest BCUT2D eigenvalue weighted by molar-refractivity contribution is 0.414. The normalized spacial score (nSPS) is 10.4. The van der Waals surface area contributed by atoms with Crippen molar-refractivity contribution < 1.29 is 4.74 Å². The molecule has 0 atom stereocenters. The van der Waals surface area contributed by atoms with Crippen LogP contribution in [-0.4, -0.2) is 24.1 Å². The van der Waals surface area contributed by atoms with Crippen molar-refractivity contribution in [2.45, 2.75) is 20.8 Å². The third-order valence-corrected chi connectivity index (χ3v) is 3.23. The molecule has 0 radical (unpaired) electrons. The van der Waals surface area contributed by atoms with Gasteiger partial charge in [0.25, 0.3) is 0 Å². The van der Waals surface area contributed by atoms with Crippen LogP contribution in [0.25, 0.3) is 11.3 Å². The van der Waals surface area contributed by atoms with Crippen LogP contribution in [-0.2, 0) is 0 Å². The Kier molecular flexibility index (Phi) is 3.69. The number of aromatic nitrogens is 2.